The zero-order chi connectivity index (χ0) is 17.5. The van der Waals surface area contributed by atoms with Gasteiger partial charge in [0.2, 0.25) is 0 Å². The minimum Gasteiger partial charge on any atom is -0.494 e. The summed E-state index contributed by atoms with van der Waals surface area (Å²) in [5.41, 5.74) is 0.485. The molecule has 24 heavy (non-hydrogen) atoms. The largest absolute Gasteiger partial charge is 0.573 e. The smallest absolute Gasteiger partial charge is 0.494 e. The van der Waals surface area contributed by atoms with Gasteiger partial charge in [-0.1, -0.05) is 12.1 Å². The number of halogens is 3. The third kappa shape index (κ3) is 2.66. The van der Waals surface area contributed by atoms with Gasteiger partial charge in [-0.05, 0) is 24.3 Å². The molecule has 0 saturated heterocycles. The van der Waals surface area contributed by atoms with Crippen molar-refractivity contribution in [2.24, 2.45) is 0 Å². The second-order valence-corrected chi connectivity index (χ2v) is 4.87. The average molecular weight is 337 g/mol. The van der Waals surface area contributed by atoms with E-state index < -0.39 is 23.9 Å². The molecule has 0 aliphatic carbocycles. The van der Waals surface area contributed by atoms with Crippen molar-refractivity contribution in [2.75, 3.05) is 12.0 Å². The summed E-state index contributed by atoms with van der Waals surface area (Å²) in [7, 11) is 1.22. The summed E-state index contributed by atoms with van der Waals surface area (Å²) in [5.74, 6) is -1.75. The molecule has 2 aromatic rings. The highest BCUT2D eigenvalue weighted by atomic mass is 19.4. The Bertz CT molecular complexity index is 797. The van der Waals surface area contributed by atoms with Gasteiger partial charge in [-0.25, -0.2) is 4.90 Å². The van der Waals surface area contributed by atoms with Gasteiger partial charge >= 0.3 is 6.36 Å². The van der Waals surface area contributed by atoms with Crippen LogP contribution in [0.5, 0.6) is 11.5 Å². The number of anilines is 1. The van der Waals surface area contributed by atoms with Crippen LogP contribution >= 0.6 is 0 Å². The molecule has 0 unspecified atom stereocenters. The molecule has 0 bridgehead atoms. The molecule has 0 aromatic heterocycles. The second-order valence-electron chi connectivity index (χ2n) is 4.87. The quantitative estimate of drug-likeness (QED) is 0.806. The van der Waals surface area contributed by atoms with E-state index in [9.17, 15) is 22.8 Å². The van der Waals surface area contributed by atoms with E-state index in [-0.39, 0.29) is 22.6 Å². The third-order valence-corrected chi connectivity index (χ3v) is 3.42. The molecule has 2 aromatic carbocycles. The van der Waals surface area contributed by atoms with Crippen molar-refractivity contribution in [3.63, 3.8) is 0 Å². The Morgan fingerprint density at radius 2 is 1.54 bits per heavy atom. The number of alkyl halides is 3. The number of methoxy groups -OCH3 is 1. The van der Waals surface area contributed by atoms with Crippen LogP contribution in [0, 0.1) is 0 Å². The van der Waals surface area contributed by atoms with E-state index >= 15 is 0 Å². The maximum atomic E-state index is 12.4. The Morgan fingerprint density at radius 1 is 0.958 bits per heavy atom. The van der Waals surface area contributed by atoms with Gasteiger partial charge in [0, 0.05) is 6.07 Å². The first-order valence-corrected chi connectivity index (χ1v) is 6.73. The lowest BCUT2D eigenvalue weighted by atomic mass is 10.1. The van der Waals surface area contributed by atoms with Crippen molar-refractivity contribution in [3.8, 4) is 11.5 Å². The van der Waals surface area contributed by atoms with Crippen molar-refractivity contribution < 1.29 is 32.2 Å². The summed E-state index contributed by atoms with van der Waals surface area (Å²) < 4.78 is 45.7. The normalized spacial score (nSPS) is 13.9. The Hall–Kier alpha value is -3.03. The molecule has 1 aliphatic rings. The maximum Gasteiger partial charge on any atom is 0.573 e. The molecule has 5 nitrogen and oxygen atoms in total. The lowest BCUT2D eigenvalue weighted by molar-refractivity contribution is -0.274. The Morgan fingerprint density at radius 3 is 2.04 bits per heavy atom. The summed E-state index contributed by atoms with van der Waals surface area (Å²) in [5, 5.41) is 0. The zero-order valence-corrected chi connectivity index (χ0v) is 12.3. The Labute approximate surface area is 134 Å². The molecule has 3 rings (SSSR count). The van der Waals surface area contributed by atoms with Crippen molar-refractivity contribution in [1.82, 2.24) is 0 Å². The highest BCUT2D eigenvalue weighted by molar-refractivity contribution is 6.34. The number of carbonyl (C=O) groups is 2. The summed E-state index contributed by atoms with van der Waals surface area (Å²) in [6.45, 7) is 0. The molecule has 8 heteroatoms. The van der Waals surface area contributed by atoms with E-state index in [1.54, 1.807) is 12.1 Å². The lowest BCUT2D eigenvalue weighted by Gasteiger charge is -2.18. The number of hydrogen-bond acceptors (Lipinski definition) is 4. The zero-order valence-electron chi connectivity index (χ0n) is 12.3. The van der Waals surface area contributed by atoms with Gasteiger partial charge in [-0.15, -0.1) is 13.2 Å². The van der Waals surface area contributed by atoms with Crippen LogP contribution in [0.3, 0.4) is 0 Å². The van der Waals surface area contributed by atoms with E-state index in [1.807, 2.05) is 0 Å². The first-order chi connectivity index (χ1) is 11.3. The molecule has 0 saturated carbocycles. The molecule has 2 amide bonds. The van der Waals surface area contributed by atoms with Crippen LogP contribution in [0.25, 0.3) is 0 Å². The van der Waals surface area contributed by atoms with Crippen LogP contribution in [0.4, 0.5) is 18.9 Å². The second kappa shape index (κ2) is 5.55. The molecule has 0 radical (unpaired) electrons. The van der Waals surface area contributed by atoms with E-state index in [0.717, 1.165) is 17.0 Å². The number of amides is 2. The summed E-state index contributed by atoms with van der Waals surface area (Å²) in [4.78, 5) is 25.7. The van der Waals surface area contributed by atoms with E-state index in [2.05, 4.69) is 4.74 Å². The number of nitrogens with zero attached hydrogens (tertiary/aromatic N) is 1. The number of hydrogen-bond donors (Lipinski definition) is 0. The highest BCUT2D eigenvalue weighted by Crippen LogP contribution is 2.38. The Balaban J connectivity index is 2.02. The molecule has 0 atom stereocenters. The topological polar surface area (TPSA) is 55.8 Å². The van der Waals surface area contributed by atoms with E-state index in [1.165, 1.54) is 25.3 Å². The van der Waals surface area contributed by atoms with Gasteiger partial charge < -0.3 is 9.47 Å². The minimum atomic E-state index is -4.86. The molecule has 0 fully saturated rings. The number of fused-ring (bicyclic) bond motifs is 1. The summed E-state index contributed by atoms with van der Waals surface area (Å²) in [6, 6.07) is 9.38. The van der Waals surface area contributed by atoms with Gasteiger partial charge in [-0.2, -0.15) is 0 Å². The maximum absolute atomic E-state index is 12.4. The summed E-state index contributed by atoms with van der Waals surface area (Å²) >= 11 is 0. The highest BCUT2D eigenvalue weighted by Gasteiger charge is 2.38. The first-order valence-electron chi connectivity index (χ1n) is 6.73. The molecule has 1 heterocycles. The van der Waals surface area contributed by atoms with Crippen molar-refractivity contribution in [3.05, 3.63) is 53.6 Å². The van der Waals surface area contributed by atoms with Crippen LogP contribution in [-0.2, 0) is 0 Å². The Kier molecular flexibility index (Phi) is 3.67. The van der Waals surface area contributed by atoms with Crippen LogP contribution in [0.2, 0.25) is 0 Å². The number of imide groups is 1. The van der Waals surface area contributed by atoms with Crippen LogP contribution in [-0.4, -0.2) is 25.3 Å². The number of rotatable bonds is 3. The molecule has 124 valence electrons. The van der Waals surface area contributed by atoms with Crippen molar-refractivity contribution in [2.45, 2.75) is 6.36 Å². The fourth-order valence-electron chi connectivity index (χ4n) is 2.45. The van der Waals surface area contributed by atoms with Crippen LogP contribution < -0.4 is 14.4 Å². The molecular weight excluding hydrogens is 327 g/mol. The fraction of sp³-hybridized carbons (Fsp3) is 0.125. The molecule has 1 aliphatic heterocycles. The monoisotopic (exact) mass is 337 g/mol. The number of ether oxygens (including phenoxy) is 2. The van der Waals surface area contributed by atoms with Gasteiger partial charge in [0.05, 0.1) is 23.9 Å². The SMILES string of the molecule is COc1cc(OC(F)(F)F)ccc1N1C(=O)c2ccccc2C1=O. The van der Waals surface area contributed by atoms with Gasteiger partial charge in [0.15, 0.2) is 0 Å². The predicted octanol–water partition coefficient (Wildman–Crippen LogP) is 3.39. The minimum absolute atomic E-state index is 0.0400. The van der Waals surface area contributed by atoms with Gasteiger partial charge in [-0.3, -0.25) is 9.59 Å². The van der Waals surface area contributed by atoms with Gasteiger partial charge in [0.1, 0.15) is 11.5 Å². The molecule has 0 spiro atoms. The first kappa shape index (κ1) is 15.9. The summed E-state index contributed by atoms with van der Waals surface area (Å²) in [6.07, 6.45) is -4.86. The standard InChI is InChI=1S/C16H10F3NO4/c1-23-13-8-9(24-16(17,18)19)6-7-12(13)20-14(21)10-4-2-3-5-11(10)15(20)22/h2-8H,1H3. The average Bonchev–Trinajstić information content (AvgIpc) is 2.78. The van der Waals surface area contributed by atoms with Crippen LogP contribution in [0.15, 0.2) is 42.5 Å². The predicted molar refractivity (Wildman–Crippen MR) is 77.3 cm³/mol. The lowest BCUT2D eigenvalue weighted by Crippen LogP contribution is -2.29. The third-order valence-electron chi connectivity index (χ3n) is 3.42. The molecular formula is C16H10F3NO4. The molecule has 0 N–H and O–H groups in total. The van der Waals surface area contributed by atoms with Gasteiger partial charge in [0.25, 0.3) is 11.8 Å². The fourth-order valence-corrected chi connectivity index (χ4v) is 2.45. The van der Waals surface area contributed by atoms with E-state index in [4.69, 9.17) is 4.74 Å². The number of benzene rings is 2. The van der Waals surface area contributed by atoms with Crippen molar-refractivity contribution in [1.29, 1.82) is 0 Å². The van der Waals surface area contributed by atoms with Crippen molar-refractivity contribution >= 4 is 17.5 Å². The number of carbonyl (C=O) groups excluding carboxylic acids is 2. The van der Waals surface area contributed by atoms with E-state index in [0.29, 0.717) is 0 Å². The van der Waals surface area contributed by atoms with Crippen LogP contribution in [0.1, 0.15) is 20.7 Å².